The average molecular weight is 186 g/mol. The van der Waals surface area contributed by atoms with Crippen LogP contribution in [0.25, 0.3) is 10.8 Å². The Morgan fingerprint density at radius 2 is 2.07 bits per heavy atom. The van der Waals surface area contributed by atoms with Crippen molar-refractivity contribution < 1.29 is 4.74 Å². The molecule has 70 valence electrons. The Labute approximate surface area is 81.9 Å². The van der Waals surface area contributed by atoms with Crippen molar-refractivity contribution >= 4 is 16.7 Å². The van der Waals surface area contributed by atoms with Gasteiger partial charge in [-0.1, -0.05) is 24.3 Å². The van der Waals surface area contributed by atoms with Crippen LogP contribution in [0.1, 0.15) is 5.69 Å². The first-order valence-electron chi connectivity index (χ1n) is 4.29. The molecule has 0 aliphatic rings. The van der Waals surface area contributed by atoms with Crippen LogP contribution in [0.3, 0.4) is 0 Å². The van der Waals surface area contributed by atoms with Crippen LogP contribution in [-0.2, 0) is 4.74 Å². The van der Waals surface area contributed by atoms with E-state index in [1.165, 1.54) is 7.11 Å². The molecule has 1 aromatic carbocycles. The van der Waals surface area contributed by atoms with Crippen molar-refractivity contribution in [1.82, 2.24) is 4.98 Å². The van der Waals surface area contributed by atoms with E-state index in [0.29, 0.717) is 5.69 Å². The van der Waals surface area contributed by atoms with E-state index in [0.717, 1.165) is 10.8 Å². The van der Waals surface area contributed by atoms with Crippen LogP contribution >= 0.6 is 0 Å². The van der Waals surface area contributed by atoms with Crippen LogP contribution < -0.4 is 0 Å². The Kier molecular flexibility index (Phi) is 2.14. The fourth-order valence-electron chi connectivity index (χ4n) is 1.40. The highest BCUT2D eigenvalue weighted by Crippen LogP contribution is 2.16. The smallest absolute Gasteiger partial charge is 0.232 e. The van der Waals surface area contributed by atoms with Gasteiger partial charge in [0.25, 0.3) is 0 Å². The molecule has 1 N–H and O–H groups in total. The molecule has 0 aliphatic carbocycles. The largest absolute Gasteiger partial charge is 0.480 e. The summed E-state index contributed by atoms with van der Waals surface area (Å²) in [6.07, 6.45) is 1.69. The topological polar surface area (TPSA) is 46.0 Å². The molecule has 0 amide bonds. The van der Waals surface area contributed by atoms with Gasteiger partial charge in [-0.3, -0.25) is 10.4 Å². The second-order valence-corrected chi connectivity index (χ2v) is 2.91. The minimum absolute atomic E-state index is 0.0989. The maximum atomic E-state index is 7.58. The van der Waals surface area contributed by atoms with Crippen LogP contribution in [0.2, 0.25) is 0 Å². The number of nitrogens with one attached hydrogen (secondary N) is 1. The summed E-state index contributed by atoms with van der Waals surface area (Å²) in [4.78, 5) is 4.13. The quantitative estimate of drug-likeness (QED) is 0.548. The highest BCUT2D eigenvalue weighted by Gasteiger charge is 2.06. The molecule has 2 aromatic rings. The van der Waals surface area contributed by atoms with Crippen molar-refractivity contribution in [2.24, 2.45) is 0 Å². The zero-order chi connectivity index (χ0) is 9.97. The fraction of sp³-hybridized carbons (Fsp3) is 0.0909. The summed E-state index contributed by atoms with van der Waals surface area (Å²) in [5.41, 5.74) is 0.589. The Morgan fingerprint density at radius 3 is 2.86 bits per heavy atom. The number of benzene rings is 1. The second-order valence-electron chi connectivity index (χ2n) is 2.91. The summed E-state index contributed by atoms with van der Waals surface area (Å²) < 4.78 is 4.87. The van der Waals surface area contributed by atoms with Gasteiger partial charge in [-0.15, -0.1) is 0 Å². The van der Waals surface area contributed by atoms with Crippen molar-refractivity contribution in [2.45, 2.75) is 0 Å². The molecule has 0 saturated carbocycles. The Morgan fingerprint density at radius 1 is 1.29 bits per heavy atom. The predicted octanol–water partition coefficient (Wildman–Crippen LogP) is 2.21. The van der Waals surface area contributed by atoms with Crippen LogP contribution in [0.4, 0.5) is 0 Å². The van der Waals surface area contributed by atoms with Gasteiger partial charge in [0.05, 0.1) is 7.11 Å². The summed E-state index contributed by atoms with van der Waals surface area (Å²) >= 11 is 0. The lowest BCUT2D eigenvalue weighted by Crippen LogP contribution is -2.04. The number of nitrogens with zero attached hydrogens (tertiary/aromatic N) is 1. The van der Waals surface area contributed by atoms with E-state index in [-0.39, 0.29) is 5.90 Å². The van der Waals surface area contributed by atoms with E-state index in [9.17, 15) is 0 Å². The molecule has 0 saturated heterocycles. The maximum Gasteiger partial charge on any atom is 0.232 e. The molecule has 0 radical (unpaired) electrons. The summed E-state index contributed by atoms with van der Waals surface area (Å²) in [5.74, 6) is 0.0989. The summed E-state index contributed by atoms with van der Waals surface area (Å²) in [5, 5.41) is 9.59. The van der Waals surface area contributed by atoms with Gasteiger partial charge in [0, 0.05) is 11.6 Å². The van der Waals surface area contributed by atoms with E-state index in [1.807, 2.05) is 30.3 Å². The molecule has 1 aromatic heterocycles. The number of ether oxygens (including phenoxy) is 1. The molecule has 0 fully saturated rings. The Balaban J connectivity index is 2.71. The van der Waals surface area contributed by atoms with Gasteiger partial charge in [0.15, 0.2) is 0 Å². The fourth-order valence-corrected chi connectivity index (χ4v) is 1.40. The molecule has 0 unspecified atom stereocenters. The number of aromatic nitrogens is 1. The third kappa shape index (κ3) is 1.33. The Bertz CT molecular complexity index is 474. The van der Waals surface area contributed by atoms with Crippen LogP contribution in [0, 0.1) is 5.41 Å². The monoisotopic (exact) mass is 186 g/mol. The SMILES string of the molecule is COC(=N)c1nccc2ccccc12. The molecule has 3 heteroatoms. The highest BCUT2D eigenvalue weighted by atomic mass is 16.5. The second kappa shape index (κ2) is 3.46. The van der Waals surface area contributed by atoms with Gasteiger partial charge in [0.2, 0.25) is 5.90 Å². The van der Waals surface area contributed by atoms with Gasteiger partial charge in [0.1, 0.15) is 5.69 Å². The summed E-state index contributed by atoms with van der Waals surface area (Å²) in [7, 11) is 1.48. The van der Waals surface area contributed by atoms with Gasteiger partial charge < -0.3 is 4.74 Å². The Hall–Kier alpha value is -1.90. The number of methoxy groups -OCH3 is 1. The van der Waals surface area contributed by atoms with Crippen molar-refractivity contribution in [2.75, 3.05) is 7.11 Å². The molecule has 0 spiro atoms. The van der Waals surface area contributed by atoms with Crippen LogP contribution in [0.5, 0.6) is 0 Å². The van der Waals surface area contributed by atoms with Gasteiger partial charge in [-0.25, -0.2) is 0 Å². The van der Waals surface area contributed by atoms with Crippen molar-refractivity contribution in [3.05, 3.63) is 42.2 Å². The first-order valence-corrected chi connectivity index (χ1v) is 4.29. The molecule has 3 nitrogen and oxygen atoms in total. The van der Waals surface area contributed by atoms with Crippen molar-refractivity contribution in [3.8, 4) is 0 Å². The van der Waals surface area contributed by atoms with Crippen molar-refractivity contribution in [1.29, 1.82) is 5.41 Å². The van der Waals surface area contributed by atoms with Crippen LogP contribution in [-0.4, -0.2) is 18.0 Å². The molecule has 14 heavy (non-hydrogen) atoms. The summed E-state index contributed by atoms with van der Waals surface area (Å²) in [6, 6.07) is 9.73. The molecule has 0 aliphatic heterocycles. The normalized spacial score (nSPS) is 10.1. The van der Waals surface area contributed by atoms with E-state index in [4.69, 9.17) is 10.1 Å². The average Bonchev–Trinajstić information content (AvgIpc) is 2.27. The molecular formula is C11H10N2O. The van der Waals surface area contributed by atoms with Crippen LogP contribution in [0.15, 0.2) is 36.5 Å². The van der Waals surface area contributed by atoms with E-state index >= 15 is 0 Å². The van der Waals surface area contributed by atoms with Gasteiger partial charge in [-0.2, -0.15) is 0 Å². The maximum absolute atomic E-state index is 7.58. The predicted molar refractivity (Wildman–Crippen MR) is 55.6 cm³/mol. The zero-order valence-corrected chi connectivity index (χ0v) is 7.82. The third-order valence-corrected chi connectivity index (χ3v) is 2.09. The van der Waals surface area contributed by atoms with E-state index < -0.39 is 0 Å². The summed E-state index contributed by atoms with van der Waals surface area (Å²) in [6.45, 7) is 0. The first kappa shape index (κ1) is 8.69. The van der Waals surface area contributed by atoms with Gasteiger partial charge >= 0.3 is 0 Å². The first-order chi connectivity index (χ1) is 6.83. The number of pyridine rings is 1. The number of rotatable bonds is 1. The minimum Gasteiger partial charge on any atom is -0.480 e. The third-order valence-electron chi connectivity index (χ3n) is 2.09. The lowest BCUT2D eigenvalue weighted by atomic mass is 10.1. The lowest BCUT2D eigenvalue weighted by Gasteiger charge is -2.04. The molecule has 0 bridgehead atoms. The zero-order valence-electron chi connectivity index (χ0n) is 7.82. The molecule has 1 heterocycles. The standard InChI is InChI=1S/C11H10N2O/c1-14-11(12)10-9-5-3-2-4-8(9)6-7-13-10/h2-7,12H,1H3. The number of fused-ring (bicyclic) bond motifs is 1. The van der Waals surface area contributed by atoms with E-state index in [1.54, 1.807) is 6.20 Å². The number of hydrogen-bond acceptors (Lipinski definition) is 3. The van der Waals surface area contributed by atoms with Gasteiger partial charge in [-0.05, 0) is 11.5 Å². The van der Waals surface area contributed by atoms with Crippen molar-refractivity contribution in [3.63, 3.8) is 0 Å². The molecule has 0 atom stereocenters. The number of hydrogen-bond donors (Lipinski definition) is 1. The minimum atomic E-state index is 0.0989. The molecule has 2 rings (SSSR count). The highest BCUT2D eigenvalue weighted by molar-refractivity contribution is 6.03. The molecular weight excluding hydrogens is 176 g/mol. The van der Waals surface area contributed by atoms with E-state index in [2.05, 4.69) is 4.98 Å². The lowest BCUT2D eigenvalue weighted by molar-refractivity contribution is 0.400.